The largest absolute Gasteiger partial charge is 0.497 e. The van der Waals surface area contributed by atoms with Crippen LogP contribution in [0.2, 0.25) is 0 Å². The molecule has 0 aromatic heterocycles. The number of para-hydroxylation sites is 1. The molecule has 2 aromatic carbocycles. The molecule has 0 unspecified atom stereocenters. The van der Waals surface area contributed by atoms with Crippen LogP contribution >= 0.6 is 0 Å². The molecule has 0 fully saturated rings. The van der Waals surface area contributed by atoms with Crippen LogP contribution in [0.4, 0.5) is 5.69 Å². The predicted molar refractivity (Wildman–Crippen MR) is 84.1 cm³/mol. The first-order chi connectivity index (χ1) is 10.7. The number of rotatable bonds is 2. The van der Waals surface area contributed by atoms with E-state index in [0.29, 0.717) is 17.7 Å². The third-order valence-electron chi connectivity index (χ3n) is 3.58. The monoisotopic (exact) mass is 293 g/mol. The quantitative estimate of drug-likeness (QED) is 0.855. The first-order valence-electron chi connectivity index (χ1n) is 6.95. The molecular weight excluding hydrogens is 278 g/mol. The molecule has 2 aromatic rings. The number of allylic oxidation sites excluding steroid dienone is 1. The Morgan fingerprint density at radius 2 is 1.82 bits per heavy atom. The molecule has 1 heterocycles. The highest BCUT2D eigenvalue weighted by Crippen LogP contribution is 2.26. The maximum absolute atomic E-state index is 12.7. The summed E-state index contributed by atoms with van der Waals surface area (Å²) in [6, 6.07) is 14.4. The molecule has 4 nitrogen and oxygen atoms in total. The molecule has 0 aliphatic carbocycles. The van der Waals surface area contributed by atoms with Gasteiger partial charge >= 0.3 is 0 Å². The Hall–Kier alpha value is -2.88. The van der Waals surface area contributed by atoms with E-state index in [1.165, 1.54) is 11.0 Å². The van der Waals surface area contributed by atoms with Crippen molar-refractivity contribution in [1.82, 2.24) is 0 Å². The molecule has 1 amide bonds. The van der Waals surface area contributed by atoms with Crippen molar-refractivity contribution in [1.29, 1.82) is 0 Å². The highest BCUT2D eigenvalue weighted by atomic mass is 16.5. The van der Waals surface area contributed by atoms with Crippen molar-refractivity contribution in [3.05, 3.63) is 71.9 Å². The SMILES string of the molecule is COc1ccc(C(=O)N2C=CC(=O)Cc3ccccc32)cc1. The van der Waals surface area contributed by atoms with E-state index in [2.05, 4.69) is 0 Å². The summed E-state index contributed by atoms with van der Waals surface area (Å²) in [4.78, 5) is 26.1. The van der Waals surface area contributed by atoms with Crippen LogP contribution in [0.1, 0.15) is 15.9 Å². The van der Waals surface area contributed by atoms with Gasteiger partial charge in [0.15, 0.2) is 5.78 Å². The number of fused-ring (bicyclic) bond motifs is 1. The lowest BCUT2D eigenvalue weighted by molar-refractivity contribution is -0.114. The lowest BCUT2D eigenvalue weighted by atomic mass is 10.1. The summed E-state index contributed by atoms with van der Waals surface area (Å²) in [7, 11) is 1.58. The van der Waals surface area contributed by atoms with E-state index in [-0.39, 0.29) is 11.7 Å². The number of hydrogen-bond acceptors (Lipinski definition) is 3. The second-order valence-electron chi connectivity index (χ2n) is 4.99. The summed E-state index contributed by atoms with van der Waals surface area (Å²) >= 11 is 0. The smallest absolute Gasteiger partial charge is 0.262 e. The summed E-state index contributed by atoms with van der Waals surface area (Å²) in [5.74, 6) is 0.497. The molecule has 0 bridgehead atoms. The van der Waals surface area contributed by atoms with Gasteiger partial charge in [-0.25, -0.2) is 0 Å². The van der Waals surface area contributed by atoms with Crippen LogP contribution < -0.4 is 9.64 Å². The number of ether oxygens (including phenoxy) is 1. The van der Waals surface area contributed by atoms with E-state index in [0.717, 1.165) is 11.3 Å². The zero-order valence-electron chi connectivity index (χ0n) is 12.2. The molecular formula is C18H15NO3. The summed E-state index contributed by atoms with van der Waals surface area (Å²) in [5.41, 5.74) is 2.12. The zero-order chi connectivity index (χ0) is 15.5. The van der Waals surface area contributed by atoms with Gasteiger partial charge in [-0.2, -0.15) is 0 Å². The topological polar surface area (TPSA) is 46.6 Å². The van der Waals surface area contributed by atoms with Crippen molar-refractivity contribution in [2.45, 2.75) is 6.42 Å². The van der Waals surface area contributed by atoms with Gasteiger partial charge in [0, 0.05) is 18.2 Å². The zero-order valence-corrected chi connectivity index (χ0v) is 12.2. The average molecular weight is 293 g/mol. The van der Waals surface area contributed by atoms with E-state index in [9.17, 15) is 9.59 Å². The molecule has 4 heteroatoms. The molecule has 0 atom stereocenters. The van der Waals surface area contributed by atoms with E-state index >= 15 is 0 Å². The Morgan fingerprint density at radius 1 is 1.09 bits per heavy atom. The summed E-state index contributed by atoms with van der Waals surface area (Å²) in [6.45, 7) is 0. The fourth-order valence-corrected chi connectivity index (χ4v) is 2.43. The van der Waals surface area contributed by atoms with Gasteiger partial charge in [-0.15, -0.1) is 0 Å². The van der Waals surface area contributed by atoms with Gasteiger partial charge in [0.05, 0.1) is 12.8 Å². The van der Waals surface area contributed by atoms with Crippen LogP contribution in [0.3, 0.4) is 0 Å². The summed E-state index contributed by atoms with van der Waals surface area (Å²) in [6.07, 6.45) is 3.29. The van der Waals surface area contributed by atoms with E-state index in [4.69, 9.17) is 4.74 Å². The maximum Gasteiger partial charge on any atom is 0.262 e. The molecule has 0 radical (unpaired) electrons. The maximum atomic E-state index is 12.7. The third kappa shape index (κ3) is 2.63. The number of benzene rings is 2. The predicted octanol–water partition coefficient (Wildman–Crippen LogP) is 2.98. The van der Waals surface area contributed by atoms with Crippen LogP contribution in [0.5, 0.6) is 5.75 Å². The summed E-state index contributed by atoms with van der Waals surface area (Å²) in [5, 5.41) is 0. The number of anilines is 1. The van der Waals surface area contributed by atoms with Gasteiger partial charge in [0.1, 0.15) is 5.75 Å². The van der Waals surface area contributed by atoms with Gasteiger partial charge in [0.25, 0.3) is 5.91 Å². The standard InChI is InChI=1S/C18H15NO3/c1-22-16-8-6-13(7-9-16)18(21)19-11-10-15(20)12-14-4-2-3-5-17(14)19/h2-11H,12H2,1H3. The first-order valence-corrected chi connectivity index (χ1v) is 6.95. The third-order valence-corrected chi connectivity index (χ3v) is 3.58. The van der Waals surface area contributed by atoms with E-state index < -0.39 is 0 Å². The fourth-order valence-electron chi connectivity index (χ4n) is 2.43. The van der Waals surface area contributed by atoms with Gasteiger partial charge in [-0.05, 0) is 42.0 Å². The van der Waals surface area contributed by atoms with Gasteiger partial charge in [0.2, 0.25) is 0 Å². The highest BCUT2D eigenvalue weighted by Gasteiger charge is 2.21. The van der Waals surface area contributed by atoms with Crippen molar-refractivity contribution in [2.24, 2.45) is 0 Å². The van der Waals surface area contributed by atoms with Crippen LogP contribution in [0.25, 0.3) is 0 Å². The molecule has 0 saturated heterocycles. The Morgan fingerprint density at radius 3 is 2.55 bits per heavy atom. The number of methoxy groups -OCH3 is 1. The van der Waals surface area contributed by atoms with E-state index in [1.807, 2.05) is 24.3 Å². The fraction of sp³-hybridized carbons (Fsp3) is 0.111. The number of hydrogen-bond donors (Lipinski definition) is 0. The molecule has 0 spiro atoms. The van der Waals surface area contributed by atoms with E-state index in [1.54, 1.807) is 37.6 Å². The van der Waals surface area contributed by atoms with Crippen molar-refractivity contribution in [2.75, 3.05) is 12.0 Å². The molecule has 0 saturated carbocycles. The first kappa shape index (κ1) is 14.1. The van der Waals surface area contributed by atoms with Crippen LogP contribution in [-0.4, -0.2) is 18.8 Å². The second kappa shape index (κ2) is 5.85. The Bertz CT molecular complexity index is 747. The van der Waals surface area contributed by atoms with Crippen molar-refractivity contribution >= 4 is 17.4 Å². The summed E-state index contributed by atoms with van der Waals surface area (Å²) < 4.78 is 5.10. The number of carbonyl (C=O) groups is 2. The number of nitrogens with zero attached hydrogens (tertiary/aromatic N) is 1. The van der Waals surface area contributed by atoms with Crippen LogP contribution in [-0.2, 0) is 11.2 Å². The molecule has 3 rings (SSSR count). The molecule has 110 valence electrons. The van der Waals surface area contributed by atoms with Crippen LogP contribution in [0, 0.1) is 0 Å². The lowest BCUT2D eigenvalue weighted by Crippen LogP contribution is -2.25. The highest BCUT2D eigenvalue weighted by molar-refractivity contribution is 6.09. The molecule has 0 N–H and O–H groups in total. The van der Waals surface area contributed by atoms with Crippen LogP contribution in [0.15, 0.2) is 60.8 Å². The van der Waals surface area contributed by atoms with Gasteiger partial charge in [-0.3, -0.25) is 14.5 Å². The average Bonchev–Trinajstić information content (AvgIpc) is 2.72. The van der Waals surface area contributed by atoms with Gasteiger partial charge in [-0.1, -0.05) is 18.2 Å². The van der Waals surface area contributed by atoms with Crippen molar-refractivity contribution in [3.63, 3.8) is 0 Å². The second-order valence-corrected chi connectivity index (χ2v) is 4.99. The van der Waals surface area contributed by atoms with Gasteiger partial charge < -0.3 is 4.74 Å². The molecule has 1 aliphatic heterocycles. The normalized spacial score (nSPS) is 13.5. The number of carbonyl (C=O) groups excluding carboxylic acids is 2. The molecule has 22 heavy (non-hydrogen) atoms. The molecule has 1 aliphatic rings. The minimum Gasteiger partial charge on any atom is -0.497 e. The lowest BCUT2D eigenvalue weighted by Gasteiger charge is -2.20. The number of ketones is 1. The Balaban J connectivity index is 2.00. The Kier molecular flexibility index (Phi) is 3.74. The minimum atomic E-state index is -0.180. The van der Waals surface area contributed by atoms with Crippen molar-refractivity contribution in [3.8, 4) is 5.75 Å². The number of amides is 1. The minimum absolute atomic E-state index is 0.0162. The van der Waals surface area contributed by atoms with Crippen molar-refractivity contribution < 1.29 is 14.3 Å². The Labute approximate surface area is 128 Å².